The van der Waals surface area contributed by atoms with Crippen LogP contribution in [0.5, 0.6) is 0 Å². The van der Waals surface area contributed by atoms with Crippen molar-refractivity contribution in [3.8, 4) is 0 Å². The lowest BCUT2D eigenvalue weighted by molar-refractivity contribution is 0.343. The van der Waals surface area contributed by atoms with Gasteiger partial charge in [0, 0.05) is 16.3 Å². The molecule has 0 amide bonds. The second kappa shape index (κ2) is 4.14. The zero-order chi connectivity index (χ0) is 8.97. The van der Waals surface area contributed by atoms with Crippen LogP contribution in [0.4, 0.5) is 5.69 Å². The highest BCUT2D eigenvalue weighted by atomic mass is 35.5. The van der Waals surface area contributed by atoms with Crippen LogP contribution < -0.4 is 5.73 Å². The molecule has 1 rings (SSSR count). The Balaban J connectivity index is 3.04. The van der Waals surface area contributed by atoms with Crippen LogP contribution in [0.3, 0.4) is 0 Å². The van der Waals surface area contributed by atoms with E-state index in [1.165, 1.54) is 0 Å². The summed E-state index contributed by atoms with van der Waals surface area (Å²) in [5.74, 6) is 0. The standard InChI is InChI=1S/C9H10ClNO/c10-8-4-1-5-9(11)7(8)3-2-6-12/h1-5,12H,6,11H2. The molecule has 0 aliphatic carbocycles. The smallest absolute Gasteiger partial charge is 0.0615 e. The molecule has 64 valence electrons. The number of aliphatic hydroxyl groups excluding tert-OH is 1. The van der Waals surface area contributed by atoms with Gasteiger partial charge in [-0.1, -0.05) is 29.8 Å². The molecule has 0 aliphatic heterocycles. The molecule has 1 aromatic carbocycles. The molecule has 0 aliphatic rings. The summed E-state index contributed by atoms with van der Waals surface area (Å²) < 4.78 is 0. The lowest BCUT2D eigenvalue weighted by Gasteiger charge is -2.01. The van der Waals surface area contributed by atoms with Crippen LogP contribution in [-0.2, 0) is 0 Å². The number of aliphatic hydroxyl groups is 1. The maximum absolute atomic E-state index is 8.54. The molecule has 0 saturated heterocycles. The number of rotatable bonds is 2. The van der Waals surface area contributed by atoms with Crippen LogP contribution in [0.2, 0.25) is 5.02 Å². The van der Waals surface area contributed by atoms with Crippen molar-refractivity contribution in [2.24, 2.45) is 0 Å². The van der Waals surface area contributed by atoms with E-state index in [9.17, 15) is 0 Å². The van der Waals surface area contributed by atoms with Crippen molar-refractivity contribution in [3.63, 3.8) is 0 Å². The number of hydrogen-bond acceptors (Lipinski definition) is 2. The molecule has 12 heavy (non-hydrogen) atoms. The Kier molecular flexibility index (Phi) is 3.14. The highest BCUT2D eigenvalue weighted by Gasteiger charge is 1.98. The van der Waals surface area contributed by atoms with E-state index in [0.717, 1.165) is 5.56 Å². The minimum Gasteiger partial charge on any atom is -0.398 e. The predicted molar refractivity (Wildman–Crippen MR) is 52.0 cm³/mol. The summed E-state index contributed by atoms with van der Waals surface area (Å²) in [5, 5.41) is 9.14. The van der Waals surface area contributed by atoms with E-state index in [0.29, 0.717) is 10.7 Å². The van der Waals surface area contributed by atoms with Crippen LogP contribution in [0.1, 0.15) is 5.56 Å². The molecule has 1 aromatic rings. The SMILES string of the molecule is Nc1cccc(Cl)c1C=CCO. The van der Waals surface area contributed by atoms with Crippen molar-refractivity contribution in [1.29, 1.82) is 0 Å². The molecule has 0 aromatic heterocycles. The van der Waals surface area contributed by atoms with E-state index >= 15 is 0 Å². The van der Waals surface area contributed by atoms with Gasteiger partial charge in [0.15, 0.2) is 0 Å². The lowest BCUT2D eigenvalue weighted by atomic mass is 10.1. The third-order valence-electron chi connectivity index (χ3n) is 1.48. The van der Waals surface area contributed by atoms with Gasteiger partial charge in [-0.3, -0.25) is 0 Å². The summed E-state index contributed by atoms with van der Waals surface area (Å²) in [6, 6.07) is 5.31. The quantitative estimate of drug-likeness (QED) is 0.689. The van der Waals surface area contributed by atoms with Crippen LogP contribution in [0.25, 0.3) is 6.08 Å². The zero-order valence-electron chi connectivity index (χ0n) is 6.50. The van der Waals surface area contributed by atoms with Crippen LogP contribution in [0, 0.1) is 0 Å². The first kappa shape index (κ1) is 9.10. The molecule has 0 unspecified atom stereocenters. The van der Waals surface area contributed by atoms with Gasteiger partial charge in [0.05, 0.1) is 6.61 Å². The Morgan fingerprint density at radius 3 is 2.83 bits per heavy atom. The fourth-order valence-electron chi connectivity index (χ4n) is 0.900. The molecule has 0 saturated carbocycles. The Morgan fingerprint density at radius 2 is 2.25 bits per heavy atom. The number of benzene rings is 1. The fraction of sp³-hybridized carbons (Fsp3) is 0.111. The number of halogens is 1. The lowest BCUT2D eigenvalue weighted by Crippen LogP contribution is -1.89. The first-order valence-electron chi connectivity index (χ1n) is 3.57. The van der Waals surface area contributed by atoms with Crippen molar-refractivity contribution >= 4 is 23.4 Å². The van der Waals surface area contributed by atoms with Gasteiger partial charge in [0.25, 0.3) is 0 Å². The summed E-state index contributed by atoms with van der Waals surface area (Å²) in [7, 11) is 0. The predicted octanol–water partition coefficient (Wildman–Crippen LogP) is 1.93. The third kappa shape index (κ3) is 2.00. The Hall–Kier alpha value is -0.990. The number of nitrogens with two attached hydrogens (primary N) is 1. The molecule has 0 bridgehead atoms. The number of hydrogen-bond donors (Lipinski definition) is 2. The topological polar surface area (TPSA) is 46.2 Å². The van der Waals surface area contributed by atoms with Crippen LogP contribution in [0.15, 0.2) is 24.3 Å². The van der Waals surface area contributed by atoms with Gasteiger partial charge in [-0.15, -0.1) is 0 Å². The van der Waals surface area contributed by atoms with Crippen molar-refractivity contribution in [2.75, 3.05) is 12.3 Å². The molecule has 2 nitrogen and oxygen atoms in total. The van der Waals surface area contributed by atoms with E-state index in [1.807, 2.05) is 0 Å². The largest absolute Gasteiger partial charge is 0.398 e. The minimum atomic E-state index is -0.00926. The van der Waals surface area contributed by atoms with E-state index in [1.54, 1.807) is 30.4 Å². The Morgan fingerprint density at radius 1 is 1.50 bits per heavy atom. The van der Waals surface area contributed by atoms with Gasteiger partial charge in [-0.25, -0.2) is 0 Å². The summed E-state index contributed by atoms with van der Waals surface area (Å²) in [5.41, 5.74) is 7.02. The van der Waals surface area contributed by atoms with Crippen molar-refractivity contribution in [1.82, 2.24) is 0 Å². The van der Waals surface area contributed by atoms with Gasteiger partial charge in [-0.05, 0) is 12.1 Å². The van der Waals surface area contributed by atoms with Crippen LogP contribution >= 0.6 is 11.6 Å². The minimum absolute atomic E-state index is 0.00926. The third-order valence-corrected chi connectivity index (χ3v) is 1.81. The molecule has 0 radical (unpaired) electrons. The molecule has 0 fully saturated rings. The summed E-state index contributed by atoms with van der Waals surface area (Å²) >= 11 is 5.85. The average molecular weight is 184 g/mol. The van der Waals surface area contributed by atoms with Crippen molar-refractivity contribution in [3.05, 3.63) is 34.9 Å². The second-order valence-corrected chi connectivity index (χ2v) is 2.73. The maximum atomic E-state index is 8.54. The average Bonchev–Trinajstić information content (AvgIpc) is 2.04. The fourth-order valence-corrected chi connectivity index (χ4v) is 1.14. The van der Waals surface area contributed by atoms with E-state index < -0.39 is 0 Å². The van der Waals surface area contributed by atoms with E-state index in [2.05, 4.69) is 0 Å². The molecule has 3 N–H and O–H groups in total. The van der Waals surface area contributed by atoms with Gasteiger partial charge in [-0.2, -0.15) is 0 Å². The summed E-state index contributed by atoms with van der Waals surface area (Å²) in [6.07, 6.45) is 3.30. The highest BCUT2D eigenvalue weighted by molar-refractivity contribution is 6.32. The van der Waals surface area contributed by atoms with Crippen molar-refractivity contribution in [2.45, 2.75) is 0 Å². The summed E-state index contributed by atoms with van der Waals surface area (Å²) in [6.45, 7) is -0.00926. The zero-order valence-corrected chi connectivity index (χ0v) is 7.25. The Labute approximate surface area is 76.3 Å². The molecule has 0 atom stereocenters. The van der Waals surface area contributed by atoms with E-state index in [-0.39, 0.29) is 6.61 Å². The first-order valence-corrected chi connectivity index (χ1v) is 3.95. The Bertz CT molecular complexity index is 276. The van der Waals surface area contributed by atoms with E-state index in [4.69, 9.17) is 22.4 Å². The van der Waals surface area contributed by atoms with Gasteiger partial charge in [0.1, 0.15) is 0 Å². The first-order chi connectivity index (χ1) is 5.75. The number of nitrogen functional groups attached to an aromatic ring is 1. The monoisotopic (exact) mass is 183 g/mol. The molecular weight excluding hydrogens is 174 g/mol. The normalized spacial score (nSPS) is 10.8. The highest BCUT2D eigenvalue weighted by Crippen LogP contribution is 2.22. The molecular formula is C9H10ClNO. The van der Waals surface area contributed by atoms with Gasteiger partial charge >= 0.3 is 0 Å². The second-order valence-electron chi connectivity index (χ2n) is 2.33. The van der Waals surface area contributed by atoms with Gasteiger partial charge in [0.2, 0.25) is 0 Å². The van der Waals surface area contributed by atoms with Gasteiger partial charge < -0.3 is 10.8 Å². The molecule has 3 heteroatoms. The van der Waals surface area contributed by atoms with Crippen molar-refractivity contribution < 1.29 is 5.11 Å². The molecule has 0 heterocycles. The van der Waals surface area contributed by atoms with Crippen LogP contribution in [-0.4, -0.2) is 11.7 Å². The summed E-state index contributed by atoms with van der Waals surface area (Å²) in [4.78, 5) is 0. The molecule has 0 spiro atoms. The number of anilines is 1. The maximum Gasteiger partial charge on any atom is 0.0615 e.